The highest BCUT2D eigenvalue weighted by Crippen LogP contribution is 2.30. The lowest BCUT2D eigenvalue weighted by Crippen LogP contribution is -2.28. The van der Waals surface area contributed by atoms with E-state index in [-0.39, 0.29) is 0 Å². The molecule has 1 heterocycles. The second-order valence-electron chi connectivity index (χ2n) is 4.68. The topological polar surface area (TPSA) is 50.9 Å². The van der Waals surface area contributed by atoms with Gasteiger partial charge in [0, 0.05) is 17.6 Å². The van der Waals surface area contributed by atoms with Gasteiger partial charge in [-0.15, -0.1) is 11.3 Å². The highest BCUT2D eigenvalue weighted by molar-refractivity contribution is 7.11. The van der Waals surface area contributed by atoms with Crippen LogP contribution in [0.2, 0.25) is 0 Å². The van der Waals surface area contributed by atoms with Gasteiger partial charge in [-0.25, -0.2) is 4.98 Å². The molecule has 1 aromatic rings. The molecule has 1 aliphatic rings. The molecule has 2 atom stereocenters. The van der Waals surface area contributed by atoms with E-state index in [2.05, 4.69) is 17.2 Å². The molecular formula is C12H21N3S. The fourth-order valence-electron chi connectivity index (χ4n) is 2.54. The maximum Gasteiger partial charge on any atom is 0.107 e. The van der Waals surface area contributed by atoms with Gasteiger partial charge in [-0.2, -0.15) is 0 Å². The van der Waals surface area contributed by atoms with Crippen molar-refractivity contribution >= 4 is 11.3 Å². The molecule has 0 aliphatic heterocycles. The Hall–Kier alpha value is -0.450. The minimum atomic E-state index is 0.741. The molecule has 1 aromatic heterocycles. The summed E-state index contributed by atoms with van der Waals surface area (Å²) in [6.07, 6.45) is 5.95. The summed E-state index contributed by atoms with van der Waals surface area (Å²) < 4.78 is 0. The van der Waals surface area contributed by atoms with E-state index in [9.17, 15) is 0 Å². The van der Waals surface area contributed by atoms with Crippen molar-refractivity contribution in [1.82, 2.24) is 10.3 Å². The van der Waals surface area contributed by atoms with Gasteiger partial charge in [0.2, 0.25) is 0 Å². The van der Waals surface area contributed by atoms with E-state index in [4.69, 9.17) is 5.73 Å². The van der Waals surface area contributed by atoms with E-state index >= 15 is 0 Å². The largest absolute Gasteiger partial charge is 0.330 e. The number of nitrogens with zero attached hydrogens (tertiary/aromatic N) is 1. The van der Waals surface area contributed by atoms with Crippen LogP contribution in [0, 0.1) is 18.8 Å². The molecule has 1 fully saturated rings. The highest BCUT2D eigenvalue weighted by atomic mass is 32.1. The summed E-state index contributed by atoms with van der Waals surface area (Å²) in [7, 11) is 0. The summed E-state index contributed by atoms with van der Waals surface area (Å²) in [6.45, 7) is 4.96. The average molecular weight is 239 g/mol. The summed E-state index contributed by atoms with van der Waals surface area (Å²) in [5, 5.41) is 4.71. The lowest BCUT2D eigenvalue weighted by Gasteiger charge is -2.17. The molecule has 0 amide bonds. The van der Waals surface area contributed by atoms with Crippen LogP contribution in [0.15, 0.2) is 6.20 Å². The van der Waals surface area contributed by atoms with Gasteiger partial charge in [0.05, 0.1) is 0 Å². The fourth-order valence-corrected chi connectivity index (χ4v) is 3.30. The Morgan fingerprint density at radius 1 is 1.50 bits per heavy atom. The van der Waals surface area contributed by atoms with E-state index in [1.54, 1.807) is 11.3 Å². The number of nitrogens with two attached hydrogens (primary N) is 1. The van der Waals surface area contributed by atoms with Gasteiger partial charge in [-0.3, -0.25) is 0 Å². The van der Waals surface area contributed by atoms with Crippen molar-refractivity contribution < 1.29 is 0 Å². The second-order valence-corrected chi connectivity index (χ2v) is 6.00. The van der Waals surface area contributed by atoms with E-state index in [0.717, 1.165) is 31.5 Å². The van der Waals surface area contributed by atoms with Crippen molar-refractivity contribution in [2.75, 3.05) is 13.1 Å². The number of rotatable bonds is 5. The molecule has 3 nitrogen and oxygen atoms in total. The molecule has 0 bridgehead atoms. The maximum absolute atomic E-state index is 5.77. The van der Waals surface area contributed by atoms with Crippen molar-refractivity contribution in [3.8, 4) is 0 Å². The summed E-state index contributed by atoms with van der Waals surface area (Å²) >= 11 is 1.78. The Balaban J connectivity index is 1.71. The lowest BCUT2D eigenvalue weighted by molar-refractivity contribution is 0.373. The van der Waals surface area contributed by atoms with Crippen LogP contribution in [0.5, 0.6) is 0 Å². The third kappa shape index (κ3) is 3.03. The lowest BCUT2D eigenvalue weighted by atomic mass is 9.96. The zero-order chi connectivity index (χ0) is 11.4. The fraction of sp³-hybridized carbons (Fsp3) is 0.750. The van der Waals surface area contributed by atoms with Crippen LogP contribution in [-0.2, 0) is 6.54 Å². The predicted molar refractivity (Wildman–Crippen MR) is 68.4 cm³/mol. The number of hydrogen-bond donors (Lipinski definition) is 2. The van der Waals surface area contributed by atoms with Gasteiger partial charge >= 0.3 is 0 Å². The summed E-state index contributed by atoms with van der Waals surface area (Å²) in [5.74, 6) is 1.52. The third-order valence-electron chi connectivity index (χ3n) is 3.47. The first-order chi connectivity index (χ1) is 7.79. The van der Waals surface area contributed by atoms with E-state index in [1.165, 1.54) is 29.1 Å². The molecule has 3 N–H and O–H groups in total. The zero-order valence-electron chi connectivity index (χ0n) is 9.91. The molecule has 16 heavy (non-hydrogen) atoms. The Bertz CT molecular complexity index is 324. The smallest absolute Gasteiger partial charge is 0.107 e. The number of aromatic nitrogens is 1. The highest BCUT2D eigenvalue weighted by Gasteiger charge is 2.25. The summed E-state index contributed by atoms with van der Waals surface area (Å²) in [6, 6.07) is 0. The molecule has 0 saturated heterocycles. The predicted octanol–water partition coefficient (Wildman–Crippen LogP) is 1.92. The minimum absolute atomic E-state index is 0.741. The van der Waals surface area contributed by atoms with Crippen LogP contribution in [0.25, 0.3) is 0 Å². The molecule has 0 aromatic carbocycles. The summed E-state index contributed by atoms with van der Waals surface area (Å²) in [5.41, 5.74) is 5.77. The number of hydrogen-bond acceptors (Lipinski definition) is 4. The molecular weight excluding hydrogens is 218 g/mol. The summed E-state index contributed by atoms with van der Waals surface area (Å²) in [4.78, 5) is 5.64. The molecule has 90 valence electrons. The Morgan fingerprint density at radius 3 is 3.00 bits per heavy atom. The molecule has 0 spiro atoms. The minimum Gasteiger partial charge on any atom is -0.330 e. The Labute approximate surface area is 101 Å². The van der Waals surface area contributed by atoms with Crippen LogP contribution < -0.4 is 11.1 Å². The van der Waals surface area contributed by atoms with Crippen LogP contribution >= 0.6 is 11.3 Å². The molecule has 0 radical (unpaired) electrons. The normalized spacial score (nSPS) is 25.1. The second kappa shape index (κ2) is 5.75. The number of nitrogens with one attached hydrogen (secondary N) is 1. The molecule has 2 rings (SSSR count). The van der Waals surface area contributed by atoms with Crippen molar-refractivity contribution in [2.45, 2.75) is 32.7 Å². The molecule has 2 unspecified atom stereocenters. The van der Waals surface area contributed by atoms with Gasteiger partial charge in [0.25, 0.3) is 0 Å². The standard InChI is InChI=1S/C12H21N3S/c1-9-6-15-12(16-9)8-14-7-11-4-2-3-10(11)5-13/h6,10-11,14H,2-5,7-8,13H2,1H3. The van der Waals surface area contributed by atoms with Gasteiger partial charge in [0.15, 0.2) is 0 Å². The first kappa shape index (κ1) is 12.0. The Morgan fingerprint density at radius 2 is 2.31 bits per heavy atom. The third-order valence-corrected chi connectivity index (χ3v) is 4.38. The van der Waals surface area contributed by atoms with Crippen LogP contribution in [0.3, 0.4) is 0 Å². The Kier molecular flexibility index (Phi) is 4.32. The van der Waals surface area contributed by atoms with E-state index < -0.39 is 0 Å². The van der Waals surface area contributed by atoms with Crippen LogP contribution in [0.4, 0.5) is 0 Å². The average Bonchev–Trinajstić information content (AvgIpc) is 2.87. The molecule has 4 heteroatoms. The number of aryl methyl sites for hydroxylation is 1. The monoisotopic (exact) mass is 239 g/mol. The quantitative estimate of drug-likeness (QED) is 0.825. The molecule has 1 aliphatic carbocycles. The molecule has 1 saturated carbocycles. The van der Waals surface area contributed by atoms with Gasteiger partial charge < -0.3 is 11.1 Å². The van der Waals surface area contributed by atoms with E-state index in [0.29, 0.717) is 0 Å². The SMILES string of the molecule is Cc1cnc(CNCC2CCCC2CN)s1. The van der Waals surface area contributed by atoms with Gasteiger partial charge in [-0.1, -0.05) is 6.42 Å². The van der Waals surface area contributed by atoms with Crippen molar-refractivity contribution in [2.24, 2.45) is 17.6 Å². The van der Waals surface area contributed by atoms with Crippen molar-refractivity contribution in [1.29, 1.82) is 0 Å². The van der Waals surface area contributed by atoms with Crippen molar-refractivity contribution in [3.63, 3.8) is 0 Å². The number of thiazole rings is 1. The first-order valence-electron chi connectivity index (χ1n) is 6.11. The van der Waals surface area contributed by atoms with Gasteiger partial charge in [-0.05, 0) is 44.7 Å². The van der Waals surface area contributed by atoms with Gasteiger partial charge in [0.1, 0.15) is 5.01 Å². The maximum atomic E-state index is 5.77. The van der Waals surface area contributed by atoms with Crippen LogP contribution in [-0.4, -0.2) is 18.1 Å². The van der Waals surface area contributed by atoms with Crippen molar-refractivity contribution in [3.05, 3.63) is 16.1 Å². The zero-order valence-corrected chi connectivity index (χ0v) is 10.7. The van der Waals surface area contributed by atoms with E-state index in [1.807, 2.05) is 6.20 Å². The van der Waals surface area contributed by atoms with Crippen LogP contribution in [0.1, 0.15) is 29.1 Å². The first-order valence-corrected chi connectivity index (χ1v) is 6.93.